The Bertz CT molecular complexity index is 761. The molecule has 0 aromatic heterocycles. The molecule has 1 unspecified atom stereocenters. The highest BCUT2D eigenvalue weighted by Crippen LogP contribution is 2.66. The quantitative estimate of drug-likeness (QED) is 0.693. The molecule has 0 radical (unpaired) electrons. The van der Waals surface area contributed by atoms with Crippen molar-refractivity contribution in [3.05, 3.63) is 0 Å². The van der Waals surface area contributed by atoms with Crippen LogP contribution >= 0.6 is 0 Å². The maximum atomic E-state index is 12.7. The van der Waals surface area contributed by atoms with Gasteiger partial charge in [-0.15, -0.1) is 0 Å². The fourth-order valence-corrected chi connectivity index (χ4v) is 8.18. The Morgan fingerprint density at radius 2 is 1.97 bits per heavy atom. The Balaban J connectivity index is 1.40. The number of hydrogen-bond acceptors (Lipinski definition) is 5. The average Bonchev–Trinajstić information content (AvgIpc) is 3.34. The van der Waals surface area contributed by atoms with Gasteiger partial charge in [-0.25, -0.2) is 0 Å². The molecule has 8 atom stereocenters. The van der Waals surface area contributed by atoms with Gasteiger partial charge in [0.25, 0.3) is 0 Å². The highest BCUT2D eigenvalue weighted by molar-refractivity contribution is 5.88. The first kappa shape index (κ1) is 20.5. The van der Waals surface area contributed by atoms with Gasteiger partial charge in [-0.05, 0) is 80.6 Å². The van der Waals surface area contributed by atoms with Crippen LogP contribution in [0, 0.1) is 40.4 Å². The number of amides is 1. The SMILES string of the molecule is C[C@]12CC/C(=N/O[C@@H]3CCNC3)CC1[C@@H](C(N)=O)C[C@@H]1[C@@H]2CC[C@]2(C)C(=O)CC[C@@H]12. The number of ketones is 1. The van der Waals surface area contributed by atoms with Crippen molar-refractivity contribution in [3.63, 3.8) is 0 Å². The van der Waals surface area contributed by atoms with E-state index in [2.05, 4.69) is 24.3 Å². The fourth-order valence-electron chi connectivity index (χ4n) is 8.18. The maximum absolute atomic E-state index is 12.7. The molecule has 166 valence electrons. The van der Waals surface area contributed by atoms with Crippen LogP contribution in [0.15, 0.2) is 5.16 Å². The van der Waals surface area contributed by atoms with E-state index in [-0.39, 0.29) is 34.7 Å². The molecule has 3 N–H and O–H groups in total. The summed E-state index contributed by atoms with van der Waals surface area (Å²) in [4.78, 5) is 31.1. The number of fused-ring (bicyclic) bond motifs is 5. The third-order valence-corrected chi connectivity index (χ3v) is 9.97. The van der Waals surface area contributed by atoms with Crippen molar-refractivity contribution in [2.24, 2.45) is 51.3 Å². The summed E-state index contributed by atoms with van der Waals surface area (Å²) in [5.74, 6) is 1.88. The monoisotopic (exact) mass is 415 g/mol. The van der Waals surface area contributed by atoms with Crippen LogP contribution in [-0.2, 0) is 14.4 Å². The molecule has 6 nitrogen and oxygen atoms in total. The zero-order valence-corrected chi connectivity index (χ0v) is 18.5. The number of primary amides is 1. The molecule has 5 rings (SSSR count). The fraction of sp³-hybridized carbons (Fsp3) is 0.875. The van der Waals surface area contributed by atoms with Crippen molar-refractivity contribution < 1.29 is 14.4 Å². The highest BCUT2D eigenvalue weighted by atomic mass is 16.6. The third-order valence-electron chi connectivity index (χ3n) is 9.97. The van der Waals surface area contributed by atoms with Gasteiger partial charge in [0, 0.05) is 30.7 Å². The molecule has 1 saturated heterocycles. The molecular weight excluding hydrogens is 378 g/mol. The van der Waals surface area contributed by atoms with Gasteiger partial charge >= 0.3 is 0 Å². The van der Waals surface area contributed by atoms with Crippen LogP contribution in [0.1, 0.15) is 71.6 Å². The van der Waals surface area contributed by atoms with Gasteiger partial charge in [-0.2, -0.15) is 0 Å². The van der Waals surface area contributed by atoms with Crippen molar-refractivity contribution in [3.8, 4) is 0 Å². The van der Waals surface area contributed by atoms with Crippen LogP contribution in [0.3, 0.4) is 0 Å². The first-order valence-electron chi connectivity index (χ1n) is 12.1. The van der Waals surface area contributed by atoms with E-state index in [1.165, 1.54) is 0 Å². The van der Waals surface area contributed by atoms with E-state index in [0.717, 1.165) is 76.6 Å². The molecule has 5 aliphatic rings. The number of nitrogens with zero attached hydrogens (tertiary/aromatic N) is 1. The Hall–Kier alpha value is -1.43. The molecule has 0 aromatic rings. The second-order valence-electron chi connectivity index (χ2n) is 11.2. The zero-order chi connectivity index (χ0) is 21.1. The summed E-state index contributed by atoms with van der Waals surface area (Å²) in [5.41, 5.74) is 7.02. The van der Waals surface area contributed by atoms with E-state index in [1.807, 2.05) is 0 Å². The number of rotatable bonds is 3. The molecule has 1 amide bonds. The second-order valence-corrected chi connectivity index (χ2v) is 11.2. The van der Waals surface area contributed by atoms with Crippen LogP contribution in [0.4, 0.5) is 0 Å². The summed E-state index contributed by atoms with van der Waals surface area (Å²) in [7, 11) is 0. The van der Waals surface area contributed by atoms with E-state index >= 15 is 0 Å². The van der Waals surface area contributed by atoms with E-state index in [1.54, 1.807) is 0 Å². The van der Waals surface area contributed by atoms with Crippen molar-refractivity contribution in [1.82, 2.24) is 5.32 Å². The molecule has 1 heterocycles. The van der Waals surface area contributed by atoms with Gasteiger partial charge in [0.15, 0.2) is 0 Å². The number of hydrogen-bond donors (Lipinski definition) is 2. The van der Waals surface area contributed by atoms with E-state index in [9.17, 15) is 9.59 Å². The Kier molecular flexibility index (Phi) is 4.99. The second kappa shape index (κ2) is 7.32. The molecular formula is C24H37N3O3. The third kappa shape index (κ3) is 3.04. The van der Waals surface area contributed by atoms with Crippen molar-refractivity contribution in [2.75, 3.05) is 13.1 Å². The van der Waals surface area contributed by atoms with E-state index in [0.29, 0.717) is 23.5 Å². The lowest BCUT2D eigenvalue weighted by Gasteiger charge is -2.61. The molecule has 1 aliphatic heterocycles. The zero-order valence-electron chi connectivity index (χ0n) is 18.5. The standard InChI is InChI=1S/C24H37N3O3/c1-23-8-5-14(27-30-15-7-10-26-13-15)11-20(23)17(22(25)29)12-16-18-3-4-21(28)24(18,2)9-6-19(16)23/h15-20,26H,3-13H2,1-2H3,(H2,25,29)/b27-14-/t15-,16+,17+,18+,19+,20?,23-,24+/m1/s1. The van der Waals surface area contributed by atoms with Gasteiger partial charge < -0.3 is 15.9 Å². The summed E-state index contributed by atoms with van der Waals surface area (Å²) in [6, 6.07) is 0. The molecule has 4 saturated carbocycles. The number of nitrogens with one attached hydrogen (secondary N) is 1. The number of nitrogens with two attached hydrogens (primary N) is 1. The summed E-state index contributed by atoms with van der Waals surface area (Å²) in [6.45, 7) is 6.45. The molecule has 0 spiro atoms. The predicted molar refractivity (Wildman–Crippen MR) is 115 cm³/mol. The molecule has 0 bridgehead atoms. The maximum Gasteiger partial charge on any atom is 0.220 e. The highest BCUT2D eigenvalue weighted by Gasteiger charge is 2.62. The molecule has 6 heteroatoms. The normalized spacial score (nSPS) is 49.4. The molecule has 30 heavy (non-hydrogen) atoms. The summed E-state index contributed by atoms with van der Waals surface area (Å²) < 4.78 is 0. The number of oxime groups is 1. The van der Waals surface area contributed by atoms with Crippen molar-refractivity contribution in [1.29, 1.82) is 0 Å². The molecule has 4 aliphatic carbocycles. The Labute approximate surface area is 179 Å². The average molecular weight is 416 g/mol. The van der Waals surface area contributed by atoms with Gasteiger partial charge in [0.1, 0.15) is 11.9 Å². The summed E-state index contributed by atoms with van der Waals surface area (Å²) in [6.07, 6.45) is 8.69. The van der Waals surface area contributed by atoms with Gasteiger partial charge in [-0.1, -0.05) is 19.0 Å². The lowest BCUT2D eigenvalue weighted by molar-refractivity contribution is -0.150. The first-order valence-corrected chi connectivity index (χ1v) is 12.1. The Morgan fingerprint density at radius 1 is 1.13 bits per heavy atom. The van der Waals surface area contributed by atoms with Crippen LogP contribution in [0.5, 0.6) is 0 Å². The first-order chi connectivity index (χ1) is 14.3. The number of Topliss-reactive ketones (excluding diaryl/α,β-unsaturated/α-hetero) is 1. The lowest BCUT2D eigenvalue weighted by Crippen LogP contribution is -2.58. The largest absolute Gasteiger partial charge is 0.391 e. The molecule has 5 fully saturated rings. The van der Waals surface area contributed by atoms with E-state index in [4.69, 9.17) is 10.6 Å². The number of carbonyl (C=O) groups excluding carboxylic acids is 2. The smallest absolute Gasteiger partial charge is 0.220 e. The number of carbonyl (C=O) groups is 2. The van der Waals surface area contributed by atoms with Gasteiger partial charge in [0.2, 0.25) is 5.91 Å². The van der Waals surface area contributed by atoms with Crippen LogP contribution < -0.4 is 11.1 Å². The van der Waals surface area contributed by atoms with Crippen LogP contribution in [-0.4, -0.2) is 36.6 Å². The minimum Gasteiger partial charge on any atom is -0.391 e. The lowest BCUT2D eigenvalue weighted by atomic mass is 9.43. The van der Waals surface area contributed by atoms with Crippen molar-refractivity contribution >= 4 is 17.4 Å². The minimum atomic E-state index is -0.170. The summed E-state index contributed by atoms with van der Waals surface area (Å²) in [5, 5.41) is 7.85. The van der Waals surface area contributed by atoms with Gasteiger partial charge in [-0.3, -0.25) is 9.59 Å². The summed E-state index contributed by atoms with van der Waals surface area (Å²) >= 11 is 0. The van der Waals surface area contributed by atoms with Gasteiger partial charge in [0.05, 0.1) is 5.71 Å². The minimum absolute atomic E-state index is 0.101. The molecule has 0 aromatic carbocycles. The van der Waals surface area contributed by atoms with E-state index < -0.39 is 0 Å². The Morgan fingerprint density at radius 3 is 2.70 bits per heavy atom. The predicted octanol–water partition coefficient (Wildman–Crippen LogP) is 3.04. The van der Waals surface area contributed by atoms with Crippen molar-refractivity contribution in [2.45, 2.75) is 77.7 Å². The van der Waals surface area contributed by atoms with Crippen LogP contribution in [0.25, 0.3) is 0 Å². The van der Waals surface area contributed by atoms with Crippen LogP contribution in [0.2, 0.25) is 0 Å². The topological polar surface area (TPSA) is 93.8 Å².